The third-order valence-electron chi connectivity index (χ3n) is 2.50. The molecule has 2 N–H and O–H groups in total. The quantitative estimate of drug-likeness (QED) is 0.830. The highest BCUT2D eigenvalue weighted by atomic mass is 19.1. The summed E-state index contributed by atoms with van der Waals surface area (Å²) >= 11 is 0. The minimum Gasteiger partial charge on any atom is -0.384 e. The molecule has 1 aromatic heterocycles. The van der Waals surface area contributed by atoms with Crippen molar-refractivity contribution < 1.29 is 18.7 Å². The number of amides is 1. The summed E-state index contributed by atoms with van der Waals surface area (Å²) < 4.78 is 26.3. The summed E-state index contributed by atoms with van der Waals surface area (Å²) in [5.41, 5.74) is 0.127. The predicted molar refractivity (Wildman–Crippen MR) is 72.5 cm³/mol. The number of carbonyl (C=O) groups is 1. The largest absolute Gasteiger partial charge is 0.384 e. The van der Waals surface area contributed by atoms with Crippen molar-refractivity contribution in [1.29, 1.82) is 0 Å². The van der Waals surface area contributed by atoms with Gasteiger partial charge in [0.2, 0.25) is 0 Å². The maximum Gasteiger partial charge on any atom is 0.275 e. The van der Waals surface area contributed by atoms with E-state index in [1.54, 1.807) is 12.1 Å². The monoisotopic (exact) mass is 288 g/mol. The molecule has 106 valence electrons. The topological polar surface area (TPSA) is 62.2 Å². The van der Waals surface area contributed by atoms with Crippen LogP contribution in [0.2, 0.25) is 0 Å². The molecule has 2 aromatic rings. The number of hydrogen-bond donors (Lipinski definition) is 2. The molecule has 0 saturated carbocycles. The van der Waals surface area contributed by atoms with Crippen LogP contribution in [0.4, 0.5) is 14.5 Å². The Balaban J connectivity index is 2.28. The van der Waals surface area contributed by atoms with Gasteiger partial charge in [0.1, 0.15) is 23.9 Å². The van der Waals surface area contributed by atoms with Crippen molar-refractivity contribution in [3.05, 3.63) is 59.4 Å². The number of rotatable bonds is 2. The highest BCUT2D eigenvalue weighted by molar-refractivity contribution is 6.04. The van der Waals surface area contributed by atoms with Gasteiger partial charge in [0, 0.05) is 12.3 Å². The van der Waals surface area contributed by atoms with Gasteiger partial charge in [-0.05, 0) is 24.3 Å². The van der Waals surface area contributed by atoms with Crippen LogP contribution in [0.1, 0.15) is 16.1 Å². The van der Waals surface area contributed by atoms with Crippen molar-refractivity contribution in [3.63, 3.8) is 0 Å². The van der Waals surface area contributed by atoms with Gasteiger partial charge in [-0.25, -0.2) is 13.8 Å². The summed E-state index contributed by atoms with van der Waals surface area (Å²) in [6.07, 6.45) is 1.39. The summed E-state index contributed by atoms with van der Waals surface area (Å²) in [5, 5.41) is 11.0. The molecular weight excluding hydrogens is 278 g/mol. The minimum absolute atomic E-state index is 0.0119. The maximum atomic E-state index is 13.5. The van der Waals surface area contributed by atoms with Crippen LogP contribution >= 0.6 is 0 Å². The van der Waals surface area contributed by atoms with E-state index < -0.39 is 17.5 Å². The van der Waals surface area contributed by atoms with Crippen LogP contribution in [-0.2, 0) is 0 Å². The van der Waals surface area contributed by atoms with Gasteiger partial charge in [-0.1, -0.05) is 11.8 Å². The Bertz CT molecular complexity index is 736. The first-order valence-electron chi connectivity index (χ1n) is 5.93. The number of halogens is 2. The Morgan fingerprint density at radius 2 is 2.14 bits per heavy atom. The zero-order valence-corrected chi connectivity index (χ0v) is 10.7. The molecule has 4 nitrogen and oxygen atoms in total. The van der Waals surface area contributed by atoms with Gasteiger partial charge in [0.25, 0.3) is 5.91 Å². The summed E-state index contributed by atoms with van der Waals surface area (Å²) in [4.78, 5) is 16.0. The Morgan fingerprint density at radius 1 is 1.33 bits per heavy atom. The molecule has 0 aliphatic carbocycles. The van der Waals surface area contributed by atoms with Crippen molar-refractivity contribution >= 4 is 11.6 Å². The van der Waals surface area contributed by atoms with E-state index in [-0.39, 0.29) is 18.0 Å². The van der Waals surface area contributed by atoms with E-state index in [4.69, 9.17) is 5.11 Å². The number of nitrogens with one attached hydrogen (secondary N) is 1. The number of aromatic nitrogens is 1. The second-order valence-electron chi connectivity index (χ2n) is 3.94. The lowest BCUT2D eigenvalue weighted by Gasteiger charge is -2.07. The van der Waals surface area contributed by atoms with Gasteiger partial charge in [0.15, 0.2) is 0 Å². The SMILES string of the molecule is O=C(Nc1ccc(F)cc1F)c1ncccc1C#CCO. The average molecular weight is 288 g/mol. The van der Waals surface area contributed by atoms with E-state index in [1.807, 2.05) is 0 Å². The molecule has 6 heteroatoms. The fourth-order valence-corrected chi connectivity index (χ4v) is 1.59. The molecule has 0 radical (unpaired) electrons. The van der Waals surface area contributed by atoms with Crippen LogP contribution in [0, 0.1) is 23.5 Å². The lowest BCUT2D eigenvalue weighted by atomic mass is 10.2. The molecule has 0 atom stereocenters. The standard InChI is InChI=1S/C15H10F2N2O2/c16-11-5-6-13(12(17)9-11)19-15(21)14-10(4-2-8-20)3-1-7-18-14/h1,3,5-7,9,20H,8H2,(H,19,21). The third kappa shape index (κ3) is 3.61. The fourth-order valence-electron chi connectivity index (χ4n) is 1.59. The van der Waals surface area contributed by atoms with E-state index in [9.17, 15) is 13.6 Å². The Hall–Kier alpha value is -2.78. The zero-order valence-electron chi connectivity index (χ0n) is 10.7. The first-order valence-corrected chi connectivity index (χ1v) is 5.93. The molecule has 0 bridgehead atoms. The molecule has 1 heterocycles. The normalized spacial score (nSPS) is 9.67. The molecule has 0 aliphatic heterocycles. The van der Waals surface area contributed by atoms with E-state index in [2.05, 4.69) is 22.1 Å². The van der Waals surface area contributed by atoms with E-state index in [0.29, 0.717) is 11.6 Å². The highest BCUT2D eigenvalue weighted by Crippen LogP contribution is 2.16. The Kier molecular flexibility index (Phi) is 4.59. The molecule has 1 amide bonds. The number of anilines is 1. The molecule has 0 saturated heterocycles. The number of aliphatic hydroxyl groups is 1. The van der Waals surface area contributed by atoms with Crippen molar-refractivity contribution in [3.8, 4) is 11.8 Å². The van der Waals surface area contributed by atoms with Crippen molar-refractivity contribution in [2.45, 2.75) is 0 Å². The summed E-state index contributed by atoms with van der Waals surface area (Å²) in [6.45, 7) is -0.359. The molecule has 0 fully saturated rings. The lowest BCUT2D eigenvalue weighted by molar-refractivity contribution is 0.102. The maximum absolute atomic E-state index is 13.5. The molecule has 0 unspecified atom stereocenters. The van der Waals surface area contributed by atoms with Crippen LogP contribution in [-0.4, -0.2) is 22.6 Å². The number of hydrogen-bond acceptors (Lipinski definition) is 3. The van der Waals surface area contributed by atoms with Crippen molar-refractivity contribution in [2.75, 3.05) is 11.9 Å². The lowest BCUT2D eigenvalue weighted by Crippen LogP contribution is -2.16. The molecule has 1 aromatic carbocycles. The summed E-state index contributed by atoms with van der Waals surface area (Å²) in [6, 6.07) is 5.94. The highest BCUT2D eigenvalue weighted by Gasteiger charge is 2.14. The number of nitrogens with zero attached hydrogens (tertiary/aromatic N) is 1. The molecule has 21 heavy (non-hydrogen) atoms. The second kappa shape index (κ2) is 6.59. The predicted octanol–water partition coefficient (Wildman–Crippen LogP) is 1.96. The molecular formula is C15H10F2N2O2. The van der Waals surface area contributed by atoms with Gasteiger partial charge in [-0.15, -0.1) is 0 Å². The number of pyridine rings is 1. The first-order chi connectivity index (χ1) is 10.1. The van der Waals surface area contributed by atoms with E-state index >= 15 is 0 Å². The van der Waals surface area contributed by atoms with Gasteiger partial charge in [-0.2, -0.15) is 0 Å². The average Bonchev–Trinajstić information content (AvgIpc) is 2.48. The minimum atomic E-state index is -0.887. The van der Waals surface area contributed by atoms with Crippen LogP contribution in [0.15, 0.2) is 36.5 Å². The van der Waals surface area contributed by atoms with Gasteiger partial charge in [0.05, 0.1) is 11.3 Å². The van der Waals surface area contributed by atoms with Gasteiger partial charge >= 0.3 is 0 Å². The smallest absolute Gasteiger partial charge is 0.275 e. The van der Waals surface area contributed by atoms with Crippen LogP contribution in [0.3, 0.4) is 0 Å². The summed E-state index contributed by atoms with van der Waals surface area (Å²) in [5.74, 6) is 2.68. The first kappa shape index (κ1) is 14.6. The zero-order chi connectivity index (χ0) is 15.2. The summed E-state index contributed by atoms with van der Waals surface area (Å²) in [7, 11) is 0. The Morgan fingerprint density at radius 3 is 2.86 bits per heavy atom. The number of benzene rings is 1. The third-order valence-corrected chi connectivity index (χ3v) is 2.50. The van der Waals surface area contributed by atoms with E-state index in [1.165, 1.54) is 6.20 Å². The van der Waals surface area contributed by atoms with Crippen LogP contribution < -0.4 is 5.32 Å². The van der Waals surface area contributed by atoms with Gasteiger partial charge in [-0.3, -0.25) is 4.79 Å². The van der Waals surface area contributed by atoms with E-state index in [0.717, 1.165) is 12.1 Å². The fraction of sp³-hybridized carbons (Fsp3) is 0.0667. The van der Waals surface area contributed by atoms with Crippen molar-refractivity contribution in [2.24, 2.45) is 0 Å². The van der Waals surface area contributed by atoms with Crippen LogP contribution in [0.25, 0.3) is 0 Å². The number of carbonyl (C=O) groups excluding carboxylic acids is 1. The second-order valence-corrected chi connectivity index (χ2v) is 3.94. The molecule has 2 rings (SSSR count). The molecule has 0 aliphatic rings. The molecule has 0 spiro atoms. The van der Waals surface area contributed by atoms with Crippen molar-refractivity contribution in [1.82, 2.24) is 4.98 Å². The Labute approximate surface area is 119 Å². The van der Waals surface area contributed by atoms with Crippen LogP contribution in [0.5, 0.6) is 0 Å². The van der Waals surface area contributed by atoms with Gasteiger partial charge < -0.3 is 10.4 Å². The number of aliphatic hydroxyl groups excluding tert-OH is 1.